The number of rotatable bonds is 5. The van der Waals surface area contributed by atoms with Gasteiger partial charge in [0.15, 0.2) is 0 Å². The smallest absolute Gasteiger partial charge is 0.870 e. The van der Waals surface area contributed by atoms with Crippen LogP contribution in [0, 0.1) is 20.2 Å². The summed E-state index contributed by atoms with van der Waals surface area (Å²) in [6.45, 7) is 0.705. The number of nitrogens with zero attached hydrogens (tertiary/aromatic N) is 3. The Labute approximate surface area is 239 Å². The molecule has 0 saturated carbocycles. The molecule has 2 aromatic heterocycles. The van der Waals surface area contributed by atoms with Gasteiger partial charge in [-0.1, -0.05) is 28.1 Å². The molecule has 0 spiro atoms. The van der Waals surface area contributed by atoms with Crippen molar-refractivity contribution in [3.05, 3.63) is 81.2 Å². The molecule has 172 valence electrons. The predicted octanol–water partition coefficient (Wildman–Crippen LogP) is 0.819. The van der Waals surface area contributed by atoms with Crippen molar-refractivity contribution in [3.8, 4) is 0 Å². The molecule has 2 heterocycles. The van der Waals surface area contributed by atoms with Gasteiger partial charge in [0.25, 0.3) is 11.4 Å². The Morgan fingerprint density at radius 2 is 1.48 bits per heavy atom. The molecule has 0 atom stereocenters. The van der Waals surface area contributed by atoms with Crippen LogP contribution >= 0.6 is 15.9 Å². The fourth-order valence-electron chi connectivity index (χ4n) is 2.90. The van der Waals surface area contributed by atoms with Crippen LogP contribution in [0.2, 0.25) is 0 Å². The summed E-state index contributed by atoms with van der Waals surface area (Å²) in [5.41, 5.74) is 1.82. The van der Waals surface area contributed by atoms with Crippen LogP contribution in [0.15, 0.2) is 60.9 Å². The summed E-state index contributed by atoms with van der Waals surface area (Å²) >= 11 is 3.00. The number of aromatic nitrogens is 2. The molecule has 4 rings (SSSR count). The Morgan fingerprint density at radius 1 is 0.909 bits per heavy atom. The molecule has 0 fully saturated rings. The van der Waals surface area contributed by atoms with Crippen molar-refractivity contribution in [1.29, 1.82) is 0 Å². The second-order valence-corrected chi connectivity index (χ2v) is 6.88. The number of nitro benzene ring substituents is 2. The zero-order chi connectivity index (χ0) is 22.8. The van der Waals surface area contributed by atoms with Gasteiger partial charge in [0.1, 0.15) is 0 Å². The van der Waals surface area contributed by atoms with Gasteiger partial charge in [-0.15, -0.1) is 0 Å². The van der Waals surface area contributed by atoms with E-state index >= 15 is 0 Å². The quantitative estimate of drug-likeness (QED) is 0.143. The third kappa shape index (κ3) is 8.55. The Balaban J connectivity index is 0.000000516. The monoisotopic (exact) mass is 548 g/mol. The number of aromatic amines is 1. The number of halogens is 1. The molecule has 4 aromatic rings. The first-order chi connectivity index (χ1) is 14.9. The second kappa shape index (κ2) is 16.0. The number of aliphatic hydroxyl groups excluding tert-OH is 2. The van der Waals surface area contributed by atoms with Crippen LogP contribution in [0.4, 0.5) is 11.4 Å². The SMILES string of the molecule is O=[N+]([O-])c1cccc2[nH]ccc12.O=[N+]([O-])c1cccc2c1ccn2CCO.OCCBr.[K+].[OH-]. The van der Waals surface area contributed by atoms with Crippen LogP contribution in [0.5, 0.6) is 0 Å². The van der Waals surface area contributed by atoms with Crippen LogP contribution in [0.25, 0.3) is 21.8 Å². The summed E-state index contributed by atoms with van der Waals surface area (Å²) in [7, 11) is 0. The summed E-state index contributed by atoms with van der Waals surface area (Å²) in [6.07, 6.45) is 3.44. The summed E-state index contributed by atoms with van der Waals surface area (Å²) in [5.74, 6) is 0. The summed E-state index contributed by atoms with van der Waals surface area (Å²) in [5, 5.41) is 39.8. The minimum Gasteiger partial charge on any atom is -0.870 e. The number of nitro groups is 2. The molecule has 0 radical (unpaired) electrons. The van der Waals surface area contributed by atoms with Gasteiger partial charge in [-0.25, -0.2) is 0 Å². The van der Waals surface area contributed by atoms with Crippen molar-refractivity contribution >= 4 is 49.1 Å². The number of non-ortho nitro benzene ring substituents is 2. The number of hydrogen-bond donors (Lipinski definition) is 3. The molecule has 0 amide bonds. The van der Waals surface area contributed by atoms with Crippen LogP contribution in [-0.4, -0.2) is 53.6 Å². The molecule has 13 heteroatoms. The molecule has 0 aliphatic rings. The summed E-state index contributed by atoms with van der Waals surface area (Å²) in [4.78, 5) is 23.4. The zero-order valence-corrected chi connectivity index (χ0v) is 22.5. The Morgan fingerprint density at radius 3 is 2.03 bits per heavy atom. The Hall–Kier alpha value is -1.68. The zero-order valence-electron chi connectivity index (χ0n) is 17.8. The van der Waals surface area contributed by atoms with Gasteiger partial charge in [0.05, 0.1) is 44.9 Å². The van der Waals surface area contributed by atoms with E-state index in [0.29, 0.717) is 22.6 Å². The van der Waals surface area contributed by atoms with E-state index in [1.165, 1.54) is 12.1 Å². The molecular formula is C20H22BrKN4O7. The van der Waals surface area contributed by atoms with Crippen molar-refractivity contribution in [3.63, 3.8) is 0 Å². The van der Waals surface area contributed by atoms with E-state index < -0.39 is 4.92 Å². The number of aliphatic hydroxyl groups is 2. The van der Waals surface area contributed by atoms with E-state index in [2.05, 4.69) is 20.9 Å². The van der Waals surface area contributed by atoms with E-state index in [4.69, 9.17) is 10.2 Å². The standard InChI is InChI=1S/C10H10N2O3.C8H6N2O2.C2H5BrO.K.H2O/c13-7-6-11-5-4-8-9(11)2-1-3-10(8)12(14)15;11-10(12)8-3-1-2-7-6(8)4-5-9-7;3-1-2-4;;/h1-5,13H,6-7H2;1-5,9H;4H,1-2H2;;1H2/q;;;+1;/p-1. The third-order valence-electron chi connectivity index (χ3n) is 4.18. The van der Waals surface area contributed by atoms with Crippen molar-refractivity contribution in [1.82, 2.24) is 9.55 Å². The molecule has 0 bridgehead atoms. The van der Waals surface area contributed by atoms with Gasteiger partial charge in [-0.05, 0) is 24.3 Å². The molecule has 0 aliphatic heterocycles. The van der Waals surface area contributed by atoms with Gasteiger partial charge in [0, 0.05) is 36.4 Å². The van der Waals surface area contributed by atoms with Crippen LogP contribution in [0.1, 0.15) is 0 Å². The van der Waals surface area contributed by atoms with Gasteiger partial charge in [-0.2, -0.15) is 0 Å². The number of H-pyrrole nitrogens is 1. The molecule has 4 N–H and O–H groups in total. The normalized spacial score (nSPS) is 9.55. The van der Waals surface area contributed by atoms with Crippen molar-refractivity contribution in [2.75, 3.05) is 18.5 Å². The van der Waals surface area contributed by atoms with Crippen LogP contribution in [-0.2, 0) is 6.54 Å². The van der Waals surface area contributed by atoms with Crippen LogP contribution in [0.3, 0.4) is 0 Å². The van der Waals surface area contributed by atoms with E-state index in [1.807, 2.05) is 6.07 Å². The average molecular weight is 549 g/mol. The molecule has 33 heavy (non-hydrogen) atoms. The maximum Gasteiger partial charge on any atom is 1.00 e. The van der Waals surface area contributed by atoms with E-state index in [0.717, 1.165) is 11.0 Å². The summed E-state index contributed by atoms with van der Waals surface area (Å²) < 4.78 is 1.79. The maximum absolute atomic E-state index is 10.7. The molecule has 11 nitrogen and oxygen atoms in total. The largest absolute Gasteiger partial charge is 1.00 e. The van der Waals surface area contributed by atoms with Crippen molar-refractivity contribution in [2.45, 2.75) is 6.54 Å². The fourth-order valence-corrected chi connectivity index (χ4v) is 2.90. The predicted molar refractivity (Wildman–Crippen MR) is 123 cm³/mol. The Kier molecular flexibility index (Phi) is 15.2. The van der Waals surface area contributed by atoms with Crippen LogP contribution < -0.4 is 51.4 Å². The second-order valence-electron chi connectivity index (χ2n) is 6.09. The molecule has 0 aliphatic carbocycles. The van der Waals surface area contributed by atoms with Gasteiger partial charge < -0.3 is 25.2 Å². The number of hydrogen-bond acceptors (Lipinski definition) is 7. The minimum atomic E-state index is -0.397. The first-order valence-corrected chi connectivity index (χ1v) is 10.3. The topological polar surface area (TPSA) is 177 Å². The van der Waals surface area contributed by atoms with E-state index in [9.17, 15) is 20.2 Å². The van der Waals surface area contributed by atoms with Gasteiger partial charge >= 0.3 is 51.4 Å². The first-order valence-electron chi connectivity index (χ1n) is 9.15. The third-order valence-corrected chi connectivity index (χ3v) is 4.54. The molecule has 0 unspecified atom stereocenters. The minimum absolute atomic E-state index is 0. The number of benzene rings is 2. The molecule has 2 aromatic carbocycles. The van der Waals surface area contributed by atoms with E-state index in [-0.39, 0.29) is 86.4 Å². The molecular weight excluding hydrogens is 527 g/mol. The van der Waals surface area contributed by atoms with Gasteiger partial charge in [-0.3, -0.25) is 20.2 Å². The van der Waals surface area contributed by atoms with Gasteiger partial charge in [0.2, 0.25) is 0 Å². The van der Waals surface area contributed by atoms with Crippen molar-refractivity contribution in [2.24, 2.45) is 0 Å². The number of fused-ring (bicyclic) bond motifs is 2. The maximum atomic E-state index is 10.7. The fraction of sp³-hybridized carbons (Fsp3) is 0.200. The van der Waals surface area contributed by atoms with E-state index in [1.54, 1.807) is 47.3 Å². The Bertz CT molecular complexity index is 1160. The number of alkyl halides is 1. The molecule has 0 saturated heterocycles. The first kappa shape index (κ1) is 31.3. The van der Waals surface area contributed by atoms with Crippen molar-refractivity contribution < 1.29 is 76.9 Å². The average Bonchev–Trinajstić information content (AvgIpc) is 3.41. The summed E-state index contributed by atoms with van der Waals surface area (Å²) in [6, 6.07) is 13.3. The number of nitrogens with one attached hydrogen (secondary N) is 1.